The Morgan fingerprint density at radius 3 is 2.67 bits per heavy atom. The Balaban J connectivity index is 2.69. The first-order chi connectivity index (χ1) is 8.31. The number of hydrogen-bond acceptors (Lipinski definition) is 4. The molecule has 0 saturated carbocycles. The van der Waals surface area contributed by atoms with Crippen molar-refractivity contribution in [1.82, 2.24) is 5.32 Å². The van der Waals surface area contributed by atoms with Crippen molar-refractivity contribution in [3.63, 3.8) is 0 Å². The van der Waals surface area contributed by atoms with Gasteiger partial charge in [-0.1, -0.05) is 0 Å². The molecule has 1 N–H and O–H groups in total. The zero-order valence-corrected chi connectivity index (χ0v) is 11.3. The summed E-state index contributed by atoms with van der Waals surface area (Å²) in [6.45, 7) is 5.27. The summed E-state index contributed by atoms with van der Waals surface area (Å²) in [6.07, 6.45) is 0.170. The van der Waals surface area contributed by atoms with Crippen molar-refractivity contribution in [2.24, 2.45) is 0 Å². The van der Waals surface area contributed by atoms with Crippen LogP contribution in [0.3, 0.4) is 0 Å². The molecule has 100 valence electrons. The fourth-order valence-electron chi connectivity index (χ4n) is 1.31. The first-order valence-corrected chi connectivity index (χ1v) is 5.88. The van der Waals surface area contributed by atoms with Crippen molar-refractivity contribution in [3.8, 4) is 0 Å². The molecule has 0 bridgehead atoms. The molecule has 0 spiro atoms. The maximum Gasteiger partial charge on any atom is 0.408 e. The Kier molecular flexibility index (Phi) is 4.78. The van der Waals surface area contributed by atoms with Crippen molar-refractivity contribution in [1.29, 1.82) is 0 Å². The highest BCUT2D eigenvalue weighted by atomic mass is 35.5. The van der Waals surface area contributed by atoms with Crippen LogP contribution in [0.25, 0.3) is 0 Å². The van der Waals surface area contributed by atoms with Crippen molar-refractivity contribution < 1.29 is 18.7 Å². The van der Waals surface area contributed by atoms with Gasteiger partial charge in [0.15, 0.2) is 5.22 Å². The van der Waals surface area contributed by atoms with E-state index in [0.717, 1.165) is 0 Å². The normalized spacial score (nSPS) is 12.9. The molecule has 0 aliphatic rings. The van der Waals surface area contributed by atoms with E-state index >= 15 is 0 Å². The number of amides is 1. The first-order valence-electron chi connectivity index (χ1n) is 5.50. The van der Waals surface area contributed by atoms with E-state index in [4.69, 9.17) is 20.8 Å². The van der Waals surface area contributed by atoms with E-state index in [9.17, 15) is 9.59 Å². The molecule has 0 saturated heterocycles. The van der Waals surface area contributed by atoms with Crippen molar-refractivity contribution in [2.45, 2.75) is 38.8 Å². The number of halogens is 1. The number of ether oxygens (including phenoxy) is 1. The highest BCUT2D eigenvalue weighted by Crippen LogP contribution is 2.22. The van der Waals surface area contributed by atoms with Crippen molar-refractivity contribution in [2.75, 3.05) is 0 Å². The van der Waals surface area contributed by atoms with E-state index in [1.54, 1.807) is 32.9 Å². The molecule has 1 aromatic rings. The van der Waals surface area contributed by atoms with Crippen LogP contribution in [0.5, 0.6) is 0 Å². The van der Waals surface area contributed by atoms with Gasteiger partial charge in [-0.2, -0.15) is 0 Å². The number of alkyl carbamates (subject to hydrolysis) is 1. The number of nitrogens with one attached hydrogen (secondary N) is 1. The van der Waals surface area contributed by atoms with Crippen LogP contribution >= 0.6 is 11.6 Å². The van der Waals surface area contributed by atoms with E-state index < -0.39 is 17.7 Å². The molecule has 6 heteroatoms. The van der Waals surface area contributed by atoms with Crippen LogP contribution in [-0.4, -0.2) is 18.0 Å². The van der Waals surface area contributed by atoms with E-state index in [-0.39, 0.29) is 11.6 Å². The Labute approximate surface area is 110 Å². The largest absolute Gasteiger partial charge is 0.448 e. The average Bonchev–Trinajstić information content (AvgIpc) is 2.61. The summed E-state index contributed by atoms with van der Waals surface area (Å²) >= 11 is 5.65. The fraction of sp³-hybridized carbons (Fsp3) is 0.500. The van der Waals surface area contributed by atoms with E-state index in [1.165, 1.54) is 0 Å². The summed E-state index contributed by atoms with van der Waals surface area (Å²) in [7, 11) is 0. The van der Waals surface area contributed by atoms with Gasteiger partial charge in [-0.05, 0) is 44.5 Å². The second-order valence-electron chi connectivity index (χ2n) is 4.74. The third-order valence-electron chi connectivity index (χ3n) is 1.96. The molecule has 1 aromatic heterocycles. The summed E-state index contributed by atoms with van der Waals surface area (Å²) in [5, 5.41) is 2.76. The number of carbonyl (C=O) groups excluding carboxylic acids is 2. The first kappa shape index (κ1) is 14.6. The lowest BCUT2D eigenvalue weighted by Crippen LogP contribution is -2.35. The van der Waals surface area contributed by atoms with Gasteiger partial charge in [0.1, 0.15) is 17.6 Å². The van der Waals surface area contributed by atoms with E-state index in [2.05, 4.69) is 5.32 Å². The van der Waals surface area contributed by atoms with Crippen LogP contribution in [0.1, 0.15) is 39.0 Å². The number of carbonyl (C=O) groups is 2. The fourth-order valence-corrected chi connectivity index (χ4v) is 1.46. The van der Waals surface area contributed by atoms with Gasteiger partial charge >= 0.3 is 6.09 Å². The minimum Gasteiger partial charge on any atom is -0.448 e. The van der Waals surface area contributed by atoms with Gasteiger partial charge in [-0.3, -0.25) is 0 Å². The Bertz CT molecular complexity index is 422. The predicted octanol–water partition coefficient (Wildman–Crippen LogP) is 3.09. The lowest BCUT2D eigenvalue weighted by molar-refractivity contribution is -0.108. The van der Waals surface area contributed by atoms with Crippen LogP contribution in [0.2, 0.25) is 5.22 Å². The molecule has 0 aliphatic heterocycles. The van der Waals surface area contributed by atoms with Gasteiger partial charge in [0, 0.05) is 6.42 Å². The maximum atomic E-state index is 11.6. The smallest absolute Gasteiger partial charge is 0.408 e. The van der Waals surface area contributed by atoms with Gasteiger partial charge in [0.25, 0.3) is 0 Å². The molecule has 0 unspecified atom stereocenters. The van der Waals surface area contributed by atoms with Crippen LogP contribution in [0.15, 0.2) is 16.5 Å². The van der Waals surface area contributed by atoms with Gasteiger partial charge in [-0.25, -0.2) is 4.79 Å². The average molecular weight is 274 g/mol. The molecular weight excluding hydrogens is 258 g/mol. The molecule has 5 nitrogen and oxygen atoms in total. The van der Waals surface area contributed by atoms with Gasteiger partial charge in [-0.15, -0.1) is 0 Å². The number of furan rings is 1. The number of aldehydes is 1. The molecule has 1 rings (SSSR count). The summed E-state index contributed by atoms with van der Waals surface area (Å²) < 4.78 is 10.3. The molecule has 1 amide bonds. The van der Waals surface area contributed by atoms with Crippen LogP contribution in [-0.2, 0) is 9.53 Å². The van der Waals surface area contributed by atoms with Crippen LogP contribution < -0.4 is 5.32 Å². The van der Waals surface area contributed by atoms with E-state index in [0.29, 0.717) is 12.0 Å². The maximum absolute atomic E-state index is 11.6. The second-order valence-corrected chi connectivity index (χ2v) is 5.12. The second kappa shape index (κ2) is 5.91. The summed E-state index contributed by atoms with van der Waals surface area (Å²) in [4.78, 5) is 22.2. The minimum absolute atomic E-state index is 0.0864. The summed E-state index contributed by atoms with van der Waals surface area (Å²) in [6, 6.07) is 2.57. The molecule has 0 aromatic carbocycles. The molecule has 0 radical (unpaired) electrons. The Morgan fingerprint density at radius 2 is 2.22 bits per heavy atom. The summed E-state index contributed by atoms with van der Waals surface area (Å²) in [5.74, 6) is 0.415. The number of hydrogen-bond donors (Lipinski definition) is 1. The van der Waals surface area contributed by atoms with Crippen molar-refractivity contribution in [3.05, 3.63) is 23.1 Å². The summed E-state index contributed by atoms with van der Waals surface area (Å²) in [5.41, 5.74) is -0.601. The van der Waals surface area contributed by atoms with Crippen LogP contribution in [0, 0.1) is 0 Å². The Hall–Kier alpha value is -1.49. The van der Waals surface area contributed by atoms with Gasteiger partial charge in [0.05, 0.1) is 6.04 Å². The lowest BCUT2D eigenvalue weighted by atomic mass is 10.1. The van der Waals surface area contributed by atoms with Crippen LogP contribution in [0.4, 0.5) is 4.79 Å². The third kappa shape index (κ3) is 4.79. The monoisotopic (exact) mass is 273 g/mol. The quantitative estimate of drug-likeness (QED) is 0.856. The van der Waals surface area contributed by atoms with Gasteiger partial charge < -0.3 is 19.3 Å². The number of rotatable bonds is 4. The highest BCUT2D eigenvalue weighted by molar-refractivity contribution is 6.28. The lowest BCUT2D eigenvalue weighted by Gasteiger charge is -2.22. The SMILES string of the molecule is CC(C)(C)OC(=O)N[C@H](CC=O)c1ccc(Cl)o1. The minimum atomic E-state index is -0.609. The van der Waals surface area contributed by atoms with Crippen molar-refractivity contribution >= 4 is 24.0 Å². The van der Waals surface area contributed by atoms with Gasteiger partial charge in [0.2, 0.25) is 0 Å². The molecule has 18 heavy (non-hydrogen) atoms. The standard InChI is InChI=1S/C12H16ClNO4/c1-12(2,3)18-11(16)14-8(6-7-15)9-4-5-10(13)17-9/h4-5,7-8H,6H2,1-3H3,(H,14,16)/t8-/m1/s1. The predicted molar refractivity (Wildman–Crippen MR) is 66.5 cm³/mol. The molecule has 1 heterocycles. The molecular formula is C12H16ClNO4. The zero-order chi connectivity index (χ0) is 13.8. The third-order valence-corrected chi connectivity index (χ3v) is 2.16. The zero-order valence-electron chi connectivity index (χ0n) is 10.5. The Morgan fingerprint density at radius 1 is 1.56 bits per heavy atom. The highest BCUT2D eigenvalue weighted by Gasteiger charge is 2.22. The molecule has 0 fully saturated rings. The molecule has 1 atom stereocenters. The van der Waals surface area contributed by atoms with E-state index in [1.807, 2.05) is 0 Å². The topological polar surface area (TPSA) is 68.5 Å². The molecule has 0 aliphatic carbocycles.